The third-order valence-corrected chi connectivity index (χ3v) is 4.55. The predicted molar refractivity (Wildman–Crippen MR) is 117 cm³/mol. The van der Waals surface area contributed by atoms with Gasteiger partial charge in [-0.1, -0.05) is 0 Å². The standard InChI is InChI=1S/C18H39N5.HI/c1-7-19-18(21-13-17-9-12-22(6)14-17)20-10-8-11-23(15(2)3)16(4)5;/h15-17H,7-14H2,1-6H3,(H2,19,20,21);1H. The van der Waals surface area contributed by atoms with Crippen molar-refractivity contribution in [2.75, 3.05) is 46.3 Å². The predicted octanol–water partition coefficient (Wildman–Crippen LogP) is 2.62. The fourth-order valence-electron chi connectivity index (χ4n) is 3.32. The van der Waals surface area contributed by atoms with Crippen molar-refractivity contribution in [3.05, 3.63) is 0 Å². The Morgan fingerprint density at radius 2 is 1.88 bits per heavy atom. The van der Waals surface area contributed by atoms with Gasteiger partial charge in [-0.05, 0) is 67.0 Å². The minimum atomic E-state index is 0. The summed E-state index contributed by atoms with van der Waals surface area (Å²) in [6.45, 7) is 17.6. The van der Waals surface area contributed by atoms with E-state index in [4.69, 9.17) is 4.99 Å². The zero-order chi connectivity index (χ0) is 17.2. The number of aliphatic imine (C=N–C) groups is 1. The van der Waals surface area contributed by atoms with Gasteiger partial charge in [0.1, 0.15) is 0 Å². The van der Waals surface area contributed by atoms with E-state index in [9.17, 15) is 0 Å². The Labute approximate surface area is 167 Å². The monoisotopic (exact) mass is 453 g/mol. The summed E-state index contributed by atoms with van der Waals surface area (Å²) < 4.78 is 0. The summed E-state index contributed by atoms with van der Waals surface area (Å²) in [4.78, 5) is 9.71. The Morgan fingerprint density at radius 1 is 1.21 bits per heavy atom. The molecule has 2 N–H and O–H groups in total. The Hall–Kier alpha value is -0.0800. The lowest BCUT2D eigenvalue weighted by Gasteiger charge is -2.30. The Morgan fingerprint density at radius 3 is 2.38 bits per heavy atom. The second kappa shape index (κ2) is 13.2. The first-order chi connectivity index (χ1) is 10.9. The SMILES string of the molecule is CCNC(=NCC1CCN(C)C1)NCCCN(C(C)C)C(C)C.I. The maximum absolute atomic E-state index is 4.77. The van der Waals surface area contributed by atoms with E-state index in [0.717, 1.165) is 38.6 Å². The number of halogens is 1. The summed E-state index contributed by atoms with van der Waals surface area (Å²) in [5.74, 6) is 1.69. The molecule has 0 amide bonds. The van der Waals surface area contributed by atoms with Gasteiger partial charge in [0, 0.05) is 44.8 Å². The number of rotatable bonds is 9. The molecule has 1 heterocycles. The van der Waals surface area contributed by atoms with Crippen LogP contribution in [0.3, 0.4) is 0 Å². The van der Waals surface area contributed by atoms with Crippen molar-refractivity contribution in [1.82, 2.24) is 20.4 Å². The second-order valence-electron chi connectivity index (χ2n) is 7.34. The zero-order valence-electron chi connectivity index (χ0n) is 16.6. The molecule has 0 aromatic rings. The molecule has 5 nitrogen and oxygen atoms in total. The van der Waals surface area contributed by atoms with Crippen molar-refractivity contribution in [3.63, 3.8) is 0 Å². The summed E-state index contributed by atoms with van der Waals surface area (Å²) in [6, 6.07) is 1.22. The molecule has 1 atom stereocenters. The van der Waals surface area contributed by atoms with Crippen molar-refractivity contribution in [2.24, 2.45) is 10.9 Å². The van der Waals surface area contributed by atoms with Gasteiger partial charge in [-0.3, -0.25) is 9.89 Å². The molecule has 0 aliphatic carbocycles. The Balaban J connectivity index is 0.00000529. The molecular weight excluding hydrogens is 413 g/mol. The molecule has 1 saturated heterocycles. The van der Waals surface area contributed by atoms with Gasteiger partial charge in [0.2, 0.25) is 0 Å². The summed E-state index contributed by atoms with van der Waals surface area (Å²) in [5.41, 5.74) is 0. The third-order valence-electron chi connectivity index (χ3n) is 4.55. The molecule has 0 spiro atoms. The van der Waals surface area contributed by atoms with Crippen LogP contribution in [0.5, 0.6) is 0 Å². The lowest BCUT2D eigenvalue weighted by Crippen LogP contribution is -2.41. The number of nitrogens with zero attached hydrogens (tertiary/aromatic N) is 3. The van der Waals surface area contributed by atoms with E-state index in [-0.39, 0.29) is 24.0 Å². The quantitative estimate of drug-likeness (QED) is 0.244. The van der Waals surface area contributed by atoms with Crippen LogP contribution in [0.25, 0.3) is 0 Å². The van der Waals surface area contributed by atoms with E-state index < -0.39 is 0 Å². The smallest absolute Gasteiger partial charge is 0.191 e. The summed E-state index contributed by atoms with van der Waals surface area (Å²) >= 11 is 0. The van der Waals surface area contributed by atoms with Crippen LogP contribution in [0, 0.1) is 5.92 Å². The van der Waals surface area contributed by atoms with Crippen LogP contribution in [0.15, 0.2) is 4.99 Å². The molecule has 0 aromatic heterocycles. The zero-order valence-corrected chi connectivity index (χ0v) is 19.0. The van der Waals surface area contributed by atoms with Crippen LogP contribution < -0.4 is 10.6 Å². The molecule has 1 rings (SSSR count). The van der Waals surface area contributed by atoms with Crippen LogP contribution in [0.2, 0.25) is 0 Å². The third kappa shape index (κ3) is 9.42. The average molecular weight is 453 g/mol. The molecule has 0 saturated carbocycles. The van der Waals surface area contributed by atoms with E-state index >= 15 is 0 Å². The average Bonchev–Trinajstić information content (AvgIpc) is 2.89. The Bertz CT molecular complexity index is 338. The van der Waals surface area contributed by atoms with Crippen LogP contribution >= 0.6 is 24.0 Å². The second-order valence-corrected chi connectivity index (χ2v) is 7.34. The highest BCUT2D eigenvalue weighted by Gasteiger charge is 2.19. The van der Waals surface area contributed by atoms with Gasteiger partial charge in [0.15, 0.2) is 5.96 Å². The first-order valence-electron chi connectivity index (χ1n) is 9.40. The van der Waals surface area contributed by atoms with E-state index in [1.165, 1.54) is 19.5 Å². The van der Waals surface area contributed by atoms with Crippen molar-refractivity contribution >= 4 is 29.9 Å². The number of hydrogen-bond acceptors (Lipinski definition) is 3. The minimum Gasteiger partial charge on any atom is -0.357 e. The molecule has 1 aliphatic rings. The lowest BCUT2D eigenvalue weighted by atomic mass is 10.1. The highest BCUT2D eigenvalue weighted by Crippen LogP contribution is 2.14. The summed E-state index contributed by atoms with van der Waals surface area (Å²) in [6.07, 6.45) is 2.42. The van der Waals surface area contributed by atoms with Crippen LogP contribution in [0.4, 0.5) is 0 Å². The first kappa shape index (κ1) is 23.9. The van der Waals surface area contributed by atoms with Gasteiger partial charge >= 0.3 is 0 Å². The lowest BCUT2D eigenvalue weighted by molar-refractivity contribution is 0.173. The van der Waals surface area contributed by atoms with Crippen LogP contribution in [0.1, 0.15) is 47.5 Å². The molecule has 0 aromatic carbocycles. The number of nitrogens with one attached hydrogen (secondary N) is 2. The van der Waals surface area contributed by atoms with Gasteiger partial charge in [-0.2, -0.15) is 0 Å². The van der Waals surface area contributed by atoms with Gasteiger partial charge in [0.25, 0.3) is 0 Å². The molecular formula is C18H40IN5. The highest BCUT2D eigenvalue weighted by atomic mass is 127. The number of guanidine groups is 1. The number of hydrogen-bond donors (Lipinski definition) is 2. The maximum atomic E-state index is 4.77. The van der Waals surface area contributed by atoms with Crippen molar-refractivity contribution in [1.29, 1.82) is 0 Å². The van der Waals surface area contributed by atoms with Gasteiger partial charge < -0.3 is 15.5 Å². The molecule has 144 valence electrons. The topological polar surface area (TPSA) is 42.9 Å². The van der Waals surface area contributed by atoms with Crippen LogP contribution in [-0.4, -0.2) is 74.2 Å². The molecule has 0 bridgehead atoms. The van der Waals surface area contributed by atoms with Crippen molar-refractivity contribution in [3.8, 4) is 0 Å². The fraction of sp³-hybridized carbons (Fsp3) is 0.944. The molecule has 0 radical (unpaired) electrons. The van der Waals surface area contributed by atoms with Gasteiger partial charge in [-0.15, -0.1) is 24.0 Å². The molecule has 1 unspecified atom stereocenters. The van der Waals surface area contributed by atoms with Crippen molar-refractivity contribution < 1.29 is 0 Å². The molecule has 1 aliphatic heterocycles. The van der Waals surface area contributed by atoms with E-state index in [0.29, 0.717) is 18.0 Å². The first-order valence-corrected chi connectivity index (χ1v) is 9.40. The largest absolute Gasteiger partial charge is 0.357 e. The van der Waals surface area contributed by atoms with Crippen LogP contribution in [-0.2, 0) is 0 Å². The molecule has 24 heavy (non-hydrogen) atoms. The minimum absolute atomic E-state index is 0. The fourth-order valence-corrected chi connectivity index (χ4v) is 3.32. The summed E-state index contributed by atoms with van der Waals surface area (Å²) in [5, 5.41) is 6.85. The molecule has 1 fully saturated rings. The normalized spacial score (nSPS) is 19.2. The Kier molecular flexibility index (Phi) is 13.1. The van der Waals surface area contributed by atoms with E-state index in [1.54, 1.807) is 0 Å². The molecule has 6 heteroatoms. The van der Waals surface area contributed by atoms with Crippen molar-refractivity contribution in [2.45, 2.75) is 59.5 Å². The van der Waals surface area contributed by atoms with E-state index in [1.807, 2.05) is 0 Å². The summed E-state index contributed by atoms with van der Waals surface area (Å²) in [7, 11) is 2.20. The van der Waals surface area contributed by atoms with Gasteiger partial charge in [-0.25, -0.2) is 0 Å². The van der Waals surface area contributed by atoms with E-state index in [2.05, 4.69) is 62.1 Å². The number of likely N-dealkylation sites (tertiary alicyclic amines) is 1. The highest BCUT2D eigenvalue weighted by molar-refractivity contribution is 14.0. The van der Waals surface area contributed by atoms with Gasteiger partial charge in [0.05, 0.1) is 0 Å². The maximum Gasteiger partial charge on any atom is 0.191 e.